The van der Waals surface area contributed by atoms with Crippen LogP contribution in [0.3, 0.4) is 0 Å². The molecular weight excluding hydrogens is 328 g/mol. The van der Waals surface area contributed by atoms with Crippen molar-refractivity contribution in [3.63, 3.8) is 0 Å². The Morgan fingerprint density at radius 2 is 2.00 bits per heavy atom. The van der Waals surface area contributed by atoms with Gasteiger partial charge in [0.15, 0.2) is 0 Å². The summed E-state index contributed by atoms with van der Waals surface area (Å²) < 4.78 is 0. The molecule has 0 saturated carbocycles. The monoisotopic (exact) mass is 352 g/mol. The van der Waals surface area contributed by atoms with E-state index < -0.39 is 0 Å². The van der Waals surface area contributed by atoms with Crippen molar-refractivity contribution in [2.24, 2.45) is 5.92 Å². The summed E-state index contributed by atoms with van der Waals surface area (Å²) in [6.45, 7) is 4.59. The molecule has 6 nitrogen and oxygen atoms in total. The van der Waals surface area contributed by atoms with Crippen LogP contribution in [0.2, 0.25) is 0 Å². The number of hydrogen-bond donors (Lipinski definition) is 3. The predicted molar refractivity (Wildman–Crippen MR) is 101 cm³/mol. The van der Waals surface area contributed by atoms with Crippen molar-refractivity contribution in [3.05, 3.63) is 59.4 Å². The first-order valence-corrected chi connectivity index (χ1v) is 8.95. The van der Waals surface area contributed by atoms with Gasteiger partial charge in [-0.05, 0) is 62.5 Å². The number of anilines is 1. The molecule has 2 amide bonds. The molecule has 2 heterocycles. The highest BCUT2D eigenvalue weighted by molar-refractivity contribution is 6.09. The summed E-state index contributed by atoms with van der Waals surface area (Å²) in [5.74, 6) is 0.205. The maximum absolute atomic E-state index is 12.6. The highest BCUT2D eigenvalue weighted by Crippen LogP contribution is 2.21. The fourth-order valence-electron chi connectivity index (χ4n) is 3.16. The number of aromatic nitrogens is 1. The first-order valence-electron chi connectivity index (χ1n) is 8.95. The SMILES string of the molecule is Cc1cccc(C(=O)NCCC2CCNC2)c1NC(=O)c1ccncc1. The van der Waals surface area contributed by atoms with E-state index in [1.165, 1.54) is 0 Å². The van der Waals surface area contributed by atoms with Crippen molar-refractivity contribution in [1.29, 1.82) is 0 Å². The summed E-state index contributed by atoms with van der Waals surface area (Å²) in [6.07, 6.45) is 5.26. The summed E-state index contributed by atoms with van der Waals surface area (Å²) in [6, 6.07) is 8.73. The molecule has 0 aliphatic carbocycles. The Hall–Kier alpha value is -2.73. The van der Waals surface area contributed by atoms with Gasteiger partial charge in [0.25, 0.3) is 11.8 Å². The van der Waals surface area contributed by atoms with Crippen molar-refractivity contribution in [1.82, 2.24) is 15.6 Å². The van der Waals surface area contributed by atoms with E-state index in [1.54, 1.807) is 30.6 Å². The Morgan fingerprint density at radius 3 is 2.73 bits per heavy atom. The van der Waals surface area contributed by atoms with Gasteiger partial charge < -0.3 is 16.0 Å². The van der Waals surface area contributed by atoms with E-state index in [0.29, 0.717) is 29.3 Å². The molecule has 1 aliphatic rings. The normalized spacial score (nSPS) is 16.3. The first kappa shape index (κ1) is 18.1. The molecule has 1 aromatic heterocycles. The molecule has 0 bridgehead atoms. The second-order valence-corrected chi connectivity index (χ2v) is 6.59. The van der Waals surface area contributed by atoms with Crippen LogP contribution in [0.25, 0.3) is 0 Å². The Morgan fingerprint density at radius 1 is 1.19 bits per heavy atom. The van der Waals surface area contributed by atoms with Gasteiger partial charge >= 0.3 is 0 Å². The van der Waals surface area contributed by atoms with Gasteiger partial charge in [-0.2, -0.15) is 0 Å². The molecule has 1 aliphatic heterocycles. The number of hydrogen-bond acceptors (Lipinski definition) is 4. The van der Waals surface area contributed by atoms with Gasteiger partial charge in [0.05, 0.1) is 11.3 Å². The third kappa shape index (κ3) is 4.46. The van der Waals surface area contributed by atoms with E-state index in [2.05, 4.69) is 20.9 Å². The van der Waals surface area contributed by atoms with E-state index in [0.717, 1.165) is 31.5 Å². The first-order chi connectivity index (χ1) is 12.6. The smallest absolute Gasteiger partial charge is 0.255 e. The molecule has 1 unspecified atom stereocenters. The molecule has 1 fully saturated rings. The zero-order valence-corrected chi connectivity index (χ0v) is 14.9. The van der Waals surface area contributed by atoms with E-state index in [9.17, 15) is 9.59 Å². The van der Waals surface area contributed by atoms with Gasteiger partial charge in [-0.1, -0.05) is 12.1 Å². The molecule has 6 heteroatoms. The number of carbonyl (C=O) groups is 2. The van der Waals surface area contributed by atoms with Crippen molar-refractivity contribution < 1.29 is 9.59 Å². The Bertz CT molecular complexity index is 771. The predicted octanol–water partition coefficient (Wildman–Crippen LogP) is 2.37. The van der Waals surface area contributed by atoms with Gasteiger partial charge in [-0.25, -0.2) is 0 Å². The van der Waals surface area contributed by atoms with Gasteiger partial charge in [0, 0.05) is 24.5 Å². The maximum atomic E-state index is 12.6. The van der Waals surface area contributed by atoms with Gasteiger partial charge in [0.1, 0.15) is 0 Å². The van der Waals surface area contributed by atoms with Gasteiger partial charge in [-0.15, -0.1) is 0 Å². The lowest BCUT2D eigenvalue weighted by molar-refractivity contribution is 0.0952. The summed E-state index contributed by atoms with van der Waals surface area (Å²) in [4.78, 5) is 29.0. The van der Waals surface area contributed by atoms with Crippen LogP contribution in [0.15, 0.2) is 42.7 Å². The standard InChI is InChI=1S/C20H24N4O2/c1-14-3-2-4-17(20(26)23-12-6-15-5-9-22-13-15)18(14)24-19(25)16-7-10-21-11-8-16/h2-4,7-8,10-11,15,22H,5-6,9,12-13H2,1H3,(H,23,26)(H,24,25). The number of para-hydroxylation sites is 1. The zero-order valence-electron chi connectivity index (χ0n) is 14.9. The fraction of sp³-hybridized carbons (Fsp3) is 0.350. The number of benzene rings is 1. The highest BCUT2D eigenvalue weighted by atomic mass is 16.2. The number of aryl methyl sites for hydroxylation is 1. The summed E-state index contributed by atoms with van der Waals surface area (Å²) >= 11 is 0. The highest BCUT2D eigenvalue weighted by Gasteiger charge is 2.18. The van der Waals surface area contributed by atoms with Crippen LogP contribution in [0, 0.1) is 12.8 Å². The minimum atomic E-state index is -0.257. The molecule has 3 N–H and O–H groups in total. The number of nitrogens with zero attached hydrogens (tertiary/aromatic N) is 1. The van der Waals surface area contributed by atoms with E-state index in [-0.39, 0.29) is 11.8 Å². The molecule has 0 radical (unpaired) electrons. The molecule has 26 heavy (non-hydrogen) atoms. The average Bonchev–Trinajstić information content (AvgIpc) is 3.17. The minimum absolute atomic E-state index is 0.162. The summed E-state index contributed by atoms with van der Waals surface area (Å²) in [7, 11) is 0. The molecule has 1 saturated heterocycles. The third-order valence-electron chi connectivity index (χ3n) is 4.70. The van der Waals surface area contributed by atoms with Crippen LogP contribution in [0.5, 0.6) is 0 Å². The third-order valence-corrected chi connectivity index (χ3v) is 4.70. The quantitative estimate of drug-likeness (QED) is 0.745. The van der Waals surface area contributed by atoms with Crippen LogP contribution in [-0.2, 0) is 0 Å². The number of nitrogens with one attached hydrogen (secondary N) is 3. The van der Waals surface area contributed by atoms with Crippen LogP contribution in [0.4, 0.5) is 5.69 Å². The summed E-state index contributed by atoms with van der Waals surface area (Å²) in [5, 5.41) is 9.18. The average molecular weight is 352 g/mol. The molecule has 1 atom stereocenters. The lowest BCUT2D eigenvalue weighted by Gasteiger charge is -2.15. The topological polar surface area (TPSA) is 83.1 Å². The van der Waals surface area contributed by atoms with Crippen molar-refractivity contribution >= 4 is 17.5 Å². The fourth-order valence-corrected chi connectivity index (χ4v) is 3.16. The number of amides is 2. The van der Waals surface area contributed by atoms with Gasteiger partial charge in [0.2, 0.25) is 0 Å². The molecule has 136 valence electrons. The molecule has 2 aromatic rings. The lowest BCUT2D eigenvalue weighted by atomic mass is 10.0. The Kier molecular flexibility index (Phi) is 5.96. The molecule has 0 spiro atoms. The Balaban J connectivity index is 1.68. The zero-order chi connectivity index (χ0) is 18.4. The van der Waals surface area contributed by atoms with Crippen LogP contribution >= 0.6 is 0 Å². The number of pyridine rings is 1. The number of rotatable bonds is 6. The van der Waals surface area contributed by atoms with E-state index in [1.807, 2.05) is 19.1 Å². The van der Waals surface area contributed by atoms with Crippen LogP contribution < -0.4 is 16.0 Å². The Labute approximate surface area is 153 Å². The second kappa shape index (κ2) is 8.58. The van der Waals surface area contributed by atoms with Crippen LogP contribution in [0.1, 0.15) is 39.1 Å². The van der Waals surface area contributed by atoms with Crippen molar-refractivity contribution in [2.45, 2.75) is 19.8 Å². The van der Waals surface area contributed by atoms with Gasteiger partial charge in [-0.3, -0.25) is 14.6 Å². The summed E-state index contributed by atoms with van der Waals surface area (Å²) in [5.41, 5.74) is 2.38. The lowest BCUT2D eigenvalue weighted by Crippen LogP contribution is -2.28. The molecule has 1 aromatic carbocycles. The molecular formula is C20H24N4O2. The second-order valence-electron chi connectivity index (χ2n) is 6.59. The van der Waals surface area contributed by atoms with E-state index >= 15 is 0 Å². The maximum Gasteiger partial charge on any atom is 0.255 e. The van der Waals surface area contributed by atoms with Crippen molar-refractivity contribution in [2.75, 3.05) is 25.0 Å². The van der Waals surface area contributed by atoms with Crippen molar-refractivity contribution in [3.8, 4) is 0 Å². The van der Waals surface area contributed by atoms with E-state index in [4.69, 9.17) is 0 Å². The number of carbonyl (C=O) groups excluding carboxylic acids is 2. The van der Waals surface area contributed by atoms with Crippen LogP contribution in [-0.4, -0.2) is 36.4 Å². The minimum Gasteiger partial charge on any atom is -0.352 e. The largest absolute Gasteiger partial charge is 0.352 e. The molecule has 3 rings (SSSR count).